The van der Waals surface area contributed by atoms with E-state index in [0.717, 1.165) is 12.1 Å². The predicted octanol–water partition coefficient (Wildman–Crippen LogP) is 4.49. The summed E-state index contributed by atoms with van der Waals surface area (Å²) in [6.45, 7) is 2.23. The molecule has 0 radical (unpaired) electrons. The third-order valence-corrected chi connectivity index (χ3v) is 4.51. The number of rotatable bonds is 2. The number of hydrogen-bond acceptors (Lipinski definition) is 3. The molecule has 1 heterocycles. The summed E-state index contributed by atoms with van der Waals surface area (Å²) in [5, 5.41) is 0.305. The Balaban J connectivity index is 2.31. The van der Waals surface area contributed by atoms with E-state index in [1.165, 1.54) is 17.8 Å². The number of thioether (sulfide) groups is 1. The molecular formula is C13H12BrF3N2O2S. The second-order valence-corrected chi connectivity index (χ2v) is 7.16. The van der Waals surface area contributed by atoms with E-state index in [2.05, 4.69) is 20.9 Å². The average Bonchev–Trinajstić information content (AvgIpc) is 2.79. The highest BCUT2D eigenvalue weighted by atomic mass is 79.9. The van der Waals surface area contributed by atoms with Crippen LogP contribution in [0.1, 0.15) is 12.5 Å². The monoisotopic (exact) mass is 396 g/mol. The zero-order valence-corrected chi connectivity index (χ0v) is 13.8. The van der Waals surface area contributed by atoms with Crippen molar-refractivity contribution in [2.75, 3.05) is 18.1 Å². The summed E-state index contributed by atoms with van der Waals surface area (Å²) in [4.78, 5) is 16.8. The summed E-state index contributed by atoms with van der Waals surface area (Å²) in [5.74, 6) is 0. The molecule has 4 nitrogen and oxygen atoms in total. The minimum absolute atomic E-state index is 0.0739. The first-order valence-corrected chi connectivity index (χ1v) is 8.11. The number of amidine groups is 1. The Morgan fingerprint density at radius 1 is 1.55 bits per heavy atom. The van der Waals surface area contributed by atoms with Crippen LogP contribution < -0.4 is 4.90 Å². The number of nitrogens with zero attached hydrogens (tertiary/aromatic N) is 2. The smallest absolute Gasteiger partial charge is 0.436 e. The van der Waals surface area contributed by atoms with Crippen LogP contribution in [-0.2, 0) is 10.9 Å². The maximum absolute atomic E-state index is 12.8. The van der Waals surface area contributed by atoms with Gasteiger partial charge in [0, 0.05) is 12.2 Å². The van der Waals surface area contributed by atoms with Crippen molar-refractivity contribution in [3.8, 4) is 0 Å². The lowest BCUT2D eigenvalue weighted by Crippen LogP contribution is -2.25. The maximum Gasteiger partial charge on any atom is 0.436 e. The Hall–Kier alpha value is -1.22. The molecule has 1 aliphatic rings. The molecule has 0 saturated carbocycles. The molecule has 0 spiro atoms. The van der Waals surface area contributed by atoms with Gasteiger partial charge in [0.1, 0.15) is 0 Å². The van der Waals surface area contributed by atoms with Crippen molar-refractivity contribution < 1.29 is 22.7 Å². The first kappa shape index (κ1) is 17.1. The average molecular weight is 397 g/mol. The maximum atomic E-state index is 12.8. The lowest BCUT2D eigenvalue weighted by molar-refractivity contribution is -0.137. The highest BCUT2D eigenvalue weighted by Gasteiger charge is 2.33. The fraction of sp³-hybridized carbons (Fsp3) is 0.385. The Labute approximate surface area is 137 Å². The van der Waals surface area contributed by atoms with E-state index in [4.69, 9.17) is 4.74 Å². The fourth-order valence-electron chi connectivity index (χ4n) is 1.82. The summed E-state index contributed by atoms with van der Waals surface area (Å²) in [6.07, 6.45) is -5.18. The van der Waals surface area contributed by atoms with Crippen LogP contribution in [0.25, 0.3) is 0 Å². The number of aliphatic imine (C=N–C) groups is 1. The van der Waals surface area contributed by atoms with Gasteiger partial charge in [-0.15, -0.1) is 0 Å². The molecule has 2 rings (SSSR count). The van der Waals surface area contributed by atoms with Crippen molar-refractivity contribution in [2.24, 2.45) is 4.99 Å². The summed E-state index contributed by atoms with van der Waals surface area (Å²) >= 11 is 4.62. The van der Waals surface area contributed by atoms with Gasteiger partial charge in [0.25, 0.3) is 0 Å². The number of halogens is 4. The highest BCUT2D eigenvalue weighted by molar-refractivity contribution is 9.11. The number of hydrogen-bond donors (Lipinski definition) is 0. The Kier molecular flexibility index (Phi) is 5.38. The highest BCUT2D eigenvalue weighted by Crippen LogP contribution is 2.36. The van der Waals surface area contributed by atoms with Gasteiger partial charge in [0.2, 0.25) is 0 Å². The zero-order chi connectivity index (χ0) is 16.3. The summed E-state index contributed by atoms with van der Waals surface area (Å²) in [7, 11) is 0. The fourth-order valence-corrected chi connectivity index (χ4v) is 3.50. The molecule has 0 bridgehead atoms. The van der Waals surface area contributed by atoms with Crippen molar-refractivity contribution in [2.45, 2.75) is 17.3 Å². The normalized spacial score (nSPS) is 20.5. The van der Waals surface area contributed by atoms with E-state index in [1.807, 2.05) is 0 Å². The van der Waals surface area contributed by atoms with Gasteiger partial charge in [0.15, 0.2) is 5.17 Å². The van der Waals surface area contributed by atoms with Crippen molar-refractivity contribution in [3.05, 3.63) is 29.8 Å². The first-order chi connectivity index (χ1) is 10.3. The first-order valence-electron chi connectivity index (χ1n) is 6.32. The lowest BCUT2D eigenvalue weighted by Gasteiger charge is -2.19. The molecule has 1 saturated heterocycles. The van der Waals surface area contributed by atoms with Crippen molar-refractivity contribution in [3.63, 3.8) is 0 Å². The molecule has 9 heteroatoms. The van der Waals surface area contributed by atoms with Gasteiger partial charge >= 0.3 is 12.3 Å². The molecular weight excluding hydrogens is 385 g/mol. The van der Waals surface area contributed by atoms with E-state index in [-0.39, 0.29) is 10.8 Å². The molecule has 1 unspecified atom stereocenters. The number of amides is 1. The van der Waals surface area contributed by atoms with Crippen LogP contribution >= 0.6 is 27.7 Å². The van der Waals surface area contributed by atoms with Gasteiger partial charge in [-0.05, 0) is 25.1 Å². The Morgan fingerprint density at radius 3 is 2.91 bits per heavy atom. The van der Waals surface area contributed by atoms with Crippen LogP contribution in [0, 0.1) is 0 Å². The van der Waals surface area contributed by atoms with Crippen LogP contribution in [0.4, 0.5) is 23.7 Å². The van der Waals surface area contributed by atoms with Gasteiger partial charge < -0.3 is 9.64 Å². The standard InChI is InChI=1S/C13H12BrF3N2O2S/c1-2-21-12(20)18-11-19(7-10(14)22-11)9-5-3-4-8(6-9)13(15,16)17/h3-6,10H,2,7H2,1H3. The zero-order valence-electron chi connectivity index (χ0n) is 11.4. The van der Waals surface area contributed by atoms with Crippen LogP contribution in [0.15, 0.2) is 29.3 Å². The molecule has 1 atom stereocenters. The molecule has 0 aliphatic carbocycles. The molecule has 120 valence electrons. The van der Waals surface area contributed by atoms with Crippen LogP contribution in [0.2, 0.25) is 0 Å². The van der Waals surface area contributed by atoms with E-state index in [1.54, 1.807) is 17.9 Å². The quantitative estimate of drug-likeness (QED) is 0.690. The predicted molar refractivity (Wildman–Crippen MR) is 83.6 cm³/mol. The molecule has 0 aromatic heterocycles. The molecule has 1 aromatic carbocycles. The van der Waals surface area contributed by atoms with E-state index >= 15 is 0 Å². The van der Waals surface area contributed by atoms with E-state index in [0.29, 0.717) is 17.4 Å². The number of carbonyl (C=O) groups is 1. The minimum Gasteiger partial charge on any atom is -0.448 e. The molecule has 22 heavy (non-hydrogen) atoms. The Morgan fingerprint density at radius 2 is 2.27 bits per heavy atom. The Bertz CT molecular complexity index is 595. The third kappa shape index (κ3) is 4.16. The molecule has 1 aliphatic heterocycles. The topological polar surface area (TPSA) is 41.9 Å². The van der Waals surface area contributed by atoms with Gasteiger partial charge in [-0.2, -0.15) is 18.2 Å². The number of anilines is 1. The number of benzene rings is 1. The van der Waals surface area contributed by atoms with Crippen molar-refractivity contribution >= 4 is 44.6 Å². The molecule has 0 N–H and O–H groups in total. The number of alkyl halides is 4. The van der Waals surface area contributed by atoms with Gasteiger partial charge in [0.05, 0.1) is 16.3 Å². The SMILES string of the molecule is CCOC(=O)N=C1SC(Br)CN1c1cccc(C(F)(F)F)c1. The third-order valence-electron chi connectivity index (χ3n) is 2.73. The summed E-state index contributed by atoms with van der Waals surface area (Å²) in [5.41, 5.74) is -0.421. The lowest BCUT2D eigenvalue weighted by atomic mass is 10.2. The number of ether oxygens (including phenoxy) is 1. The van der Waals surface area contributed by atoms with Crippen LogP contribution in [-0.4, -0.2) is 28.6 Å². The molecule has 1 amide bonds. The second-order valence-electron chi connectivity index (χ2n) is 4.28. The van der Waals surface area contributed by atoms with Gasteiger partial charge in [-0.3, -0.25) is 0 Å². The van der Waals surface area contributed by atoms with Crippen LogP contribution in [0.5, 0.6) is 0 Å². The van der Waals surface area contributed by atoms with E-state index < -0.39 is 17.8 Å². The molecule has 1 fully saturated rings. The summed E-state index contributed by atoms with van der Waals surface area (Å²) < 4.78 is 43.1. The summed E-state index contributed by atoms with van der Waals surface area (Å²) in [6, 6.07) is 4.90. The van der Waals surface area contributed by atoms with Crippen LogP contribution in [0.3, 0.4) is 0 Å². The molecule has 1 aromatic rings. The largest absolute Gasteiger partial charge is 0.448 e. The minimum atomic E-state index is -4.42. The van der Waals surface area contributed by atoms with E-state index in [9.17, 15) is 18.0 Å². The second kappa shape index (κ2) is 6.91. The van der Waals surface area contributed by atoms with Crippen molar-refractivity contribution in [1.82, 2.24) is 0 Å². The van der Waals surface area contributed by atoms with Crippen molar-refractivity contribution in [1.29, 1.82) is 0 Å². The van der Waals surface area contributed by atoms with Gasteiger partial charge in [-0.25, -0.2) is 4.79 Å². The van der Waals surface area contributed by atoms with Gasteiger partial charge in [-0.1, -0.05) is 33.8 Å². The number of carbonyl (C=O) groups excluding carboxylic acids is 1.